The number of hydrogen-bond acceptors (Lipinski definition) is 7. The van der Waals surface area contributed by atoms with Crippen molar-refractivity contribution in [3.8, 4) is 6.07 Å². The lowest BCUT2D eigenvalue weighted by Gasteiger charge is -2.10. The Morgan fingerprint density at radius 2 is 1.87 bits per heavy atom. The van der Waals surface area contributed by atoms with Gasteiger partial charge in [-0.1, -0.05) is 18.2 Å². The van der Waals surface area contributed by atoms with E-state index in [1.165, 1.54) is 36.0 Å². The van der Waals surface area contributed by atoms with Gasteiger partial charge in [0, 0.05) is 18.3 Å². The summed E-state index contributed by atoms with van der Waals surface area (Å²) in [5.41, 5.74) is 3.03. The molecule has 0 atom stereocenters. The predicted octanol–water partition coefficient (Wildman–Crippen LogP) is 2.78. The van der Waals surface area contributed by atoms with Gasteiger partial charge < -0.3 is 5.32 Å². The number of sulfonamides is 1. The predicted molar refractivity (Wildman–Crippen MR) is 117 cm³/mol. The minimum atomic E-state index is -3.92. The lowest BCUT2D eigenvalue weighted by molar-refractivity contribution is -0.117. The second-order valence-electron chi connectivity index (χ2n) is 7.14. The van der Waals surface area contributed by atoms with Crippen molar-refractivity contribution in [1.82, 2.24) is 9.71 Å². The number of amides is 2. The maximum Gasteiger partial charge on any atom is 0.264 e. The number of rotatable bonds is 6. The molecule has 1 aromatic heterocycles. The Kier molecular flexibility index (Phi) is 7.30. The van der Waals surface area contributed by atoms with Gasteiger partial charge in [-0.25, -0.2) is 18.1 Å². The van der Waals surface area contributed by atoms with E-state index in [0.29, 0.717) is 16.3 Å². The normalized spacial score (nSPS) is 13.4. The fourth-order valence-electron chi connectivity index (χ4n) is 3.28. The first-order valence-electron chi connectivity index (χ1n) is 9.77. The first kappa shape index (κ1) is 22.8. The van der Waals surface area contributed by atoms with E-state index in [9.17, 15) is 23.3 Å². The number of aromatic nitrogens is 1. The van der Waals surface area contributed by atoms with Gasteiger partial charge in [0.15, 0.2) is 0 Å². The van der Waals surface area contributed by atoms with E-state index in [4.69, 9.17) is 0 Å². The van der Waals surface area contributed by atoms with E-state index < -0.39 is 15.9 Å². The molecule has 31 heavy (non-hydrogen) atoms. The molecular weight excluding hydrogens is 436 g/mol. The van der Waals surface area contributed by atoms with E-state index in [0.717, 1.165) is 50.3 Å². The summed E-state index contributed by atoms with van der Waals surface area (Å²) in [5, 5.41) is 12.7. The number of fused-ring (bicyclic) bond motifs is 1. The SMILES string of the molecule is CC(=O)NS(=O)(=O)c1ccc(NC(=O)CSc2nc3c(cc2C#N)CCCCC3)cc1. The molecule has 10 heteroatoms. The van der Waals surface area contributed by atoms with E-state index in [1.807, 2.05) is 10.8 Å². The molecule has 0 fully saturated rings. The first-order valence-corrected chi connectivity index (χ1v) is 12.2. The molecule has 2 N–H and O–H groups in total. The smallest absolute Gasteiger partial charge is 0.264 e. The number of thioether (sulfide) groups is 1. The van der Waals surface area contributed by atoms with E-state index >= 15 is 0 Å². The number of nitriles is 1. The molecule has 0 spiro atoms. The monoisotopic (exact) mass is 458 g/mol. The summed E-state index contributed by atoms with van der Waals surface area (Å²) in [6.07, 6.45) is 5.13. The number of hydrogen-bond donors (Lipinski definition) is 2. The van der Waals surface area contributed by atoms with Crippen LogP contribution in [0.1, 0.15) is 43.0 Å². The molecule has 2 aromatic rings. The number of nitrogens with one attached hydrogen (secondary N) is 2. The molecule has 0 unspecified atom stereocenters. The van der Waals surface area contributed by atoms with Crippen LogP contribution in [-0.2, 0) is 32.5 Å². The maximum absolute atomic E-state index is 12.3. The maximum atomic E-state index is 12.3. The van der Waals surface area contributed by atoms with Crippen molar-refractivity contribution >= 4 is 39.3 Å². The molecule has 1 aliphatic carbocycles. The highest BCUT2D eigenvalue weighted by Crippen LogP contribution is 2.27. The van der Waals surface area contributed by atoms with Crippen LogP contribution in [0, 0.1) is 11.3 Å². The van der Waals surface area contributed by atoms with Crippen molar-refractivity contribution in [2.24, 2.45) is 0 Å². The van der Waals surface area contributed by atoms with Crippen LogP contribution in [0.15, 0.2) is 40.3 Å². The molecule has 8 nitrogen and oxygen atoms in total. The number of benzene rings is 1. The zero-order valence-electron chi connectivity index (χ0n) is 17.0. The third-order valence-corrected chi connectivity index (χ3v) is 7.14. The molecule has 1 aliphatic rings. The molecule has 2 amide bonds. The Morgan fingerprint density at radius 3 is 2.55 bits per heavy atom. The number of carbonyl (C=O) groups is 2. The van der Waals surface area contributed by atoms with Crippen LogP contribution in [0.3, 0.4) is 0 Å². The van der Waals surface area contributed by atoms with Crippen LogP contribution in [0.25, 0.3) is 0 Å². The van der Waals surface area contributed by atoms with Gasteiger partial charge in [-0.05, 0) is 61.6 Å². The van der Waals surface area contributed by atoms with Gasteiger partial charge in [0.25, 0.3) is 10.0 Å². The molecule has 1 heterocycles. The summed E-state index contributed by atoms with van der Waals surface area (Å²) >= 11 is 1.20. The van der Waals surface area contributed by atoms with Gasteiger partial charge >= 0.3 is 0 Å². The van der Waals surface area contributed by atoms with Crippen molar-refractivity contribution in [1.29, 1.82) is 5.26 Å². The van der Waals surface area contributed by atoms with Gasteiger partial charge in [0.2, 0.25) is 11.8 Å². The van der Waals surface area contributed by atoms with Gasteiger partial charge in [-0.3, -0.25) is 9.59 Å². The zero-order valence-corrected chi connectivity index (χ0v) is 18.6. The summed E-state index contributed by atoms with van der Waals surface area (Å²) in [6.45, 7) is 1.11. The van der Waals surface area contributed by atoms with Gasteiger partial charge in [-0.15, -0.1) is 0 Å². The molecule has 1 aromatic carbocycles. The van der Waals surface area contributed by atoms with Crippen molar-refractivity contribution < 1.29 is 18.0 Å². The summed E-state index contributed by atoms with van der Waals surface area (Å²) in [6, 6.07) is 9.55. The summed E-state index contributed by atoms with van der Waals surface area (Å²) in [5.74, 6) is -0.924. The molecule has 0 bridgehead atoms. The third kappa shape index (κ3) is 6.06. The number of nitrogens with zero attached hydrogens (tertiary/aromatic N) is 2. The van der Waals surface area contributed by atoms with Gasteiger partial charge in [0.1, 0.15) is 11.1 Å². The first-order chi connectivity index (χ1) is 14.8. The van der Waals surface area contributed by atoms with Crippen LogP contribution in [-0.4, -0.2) is 31.0 Å². The zero-order chi connectivity index (χ0) is 22.4. The quantitative estimate of drug-likeness (QED) is 0.503. The van der Waals surface area contributed by atoms with Crippen LogP contribution < -0.4 is 10.0 Å². The lowest BCUT2D eigenvalue weighted by atomic mass is 10.1. The molecule has 0 saturated carbocycles. The van der Waals surface area contributed by atoms with Crippen LogP contribution in [0.2, 0.25) is 0 Å². The lowest BCUT2D eigenvalue weighted by Crippen LogP contribution is -2.28. The van der Waals surface area contributed by atoms with Crippen molar-refractivity contribution in [3.63, 3.8) is 0 Å². The van der Waals surface area contributed by atoms with Crippen molar-refractivity contribution in [2.75, 3.05) is 11.1 Å². The fraction of sp³-hybridized carbons (Fsp3) is 0.333. The second-order valence-corrected chi connectivity index (χ2v) is 9.79. The molecule has 3 rings (SSSR count). The highest BCUT2D eigenvalue weighted by atomic mass is 32.2. The van der Waals surface area contributed by atoms with E-state index in [1.54, 1.807) is 0 Å². The average molecular weight is 459 g/mol. The highest BCUT2D eigenvalue weighted by Gasteiger charge is 2.17. The number of carbonyl (C=O) groups excluding carboxylic acids is 2. The van der Waals surface area contributed by atoms with E-state index in [2.05, 4.69) is 16.4 Å². The van der Waals surface area contributed by atoms with Crippen LogP contribution in [0.5, 0.6) is 0 Å². The second kappa shape index (κ2) is 9.94. The topological polar surface area (TPSA) is 129 Å². The Labute approximate surface area is 185 Å². The fourth-order valence-corrected chi connectivity index (χ4v) is 5.04. The Bertz CT molecular complexity index is 1140. The Morgan fingerprint density at radius 1 is 1.16 bits per heavy atom. The molecular formula is C21H22N4O4S2. The van der Waals surface area contributed by atoms with Crippen LogP contribution >= 0.6 is 11.8 Å². The highest BCUT2D eigenvalue weighted by molar-refractivity contribution is 8.00. The van der Waals surface area contributed by atoms with Crippen molar-refractivity contribution in [3.05, 3.63) is 47.2 Å². The molecule has 162 valence electrons. The number of anilines is 1. The number of aryl methyl sites for hydroxylation is 2. The Balaban J connectivity index is 1.64. The minimum absolute atomic E-state index is 0.0619. The van der Waals surface area contributed by atoms with Gasteiger partial charge in [0.05, 0.1) is 16.2 Å². The Hall–Kier alpha value is -2.90. The molecule has 0 saturated heterocycles. The number of pyridine rings is 1. The minimum Gasteiger partial charge on any atom is -0.325 e. The summed E-state index contributed by atoms with van der Waals surface area (Å²) in [4.78, 5) is 27.9. The van der Waals surface area contributed by atoms with Gasteiger partial charge in [-0.2, -0.15) is 5.26 Å². The third-order valence-electron chi connectivity index (χ3n) is 4.70. The van der Waals surface area contributed by atoms with Crippen molar-refractivity contribution in [2.45, 2.75) is 48.9 Å². The summed E-state index contributed by atoms with van der Waals surface area (Å²) in [7, 11) is -3.92. The van der Waals surface area contributed by atoms with Crippen LogP contribution in [0.4, 0.5) is 5.69 Å². The molecule has 0 radical (unpaired) electrons. The summed E-state index contributed by atoms with van der Waals surface area (Å²) < 4.78 is 25.8. The average Bonchev–Trinajstić information content (AvgIpc) is 2.95. The largest absolute Gasteiger partial charge is 0.325 e. The standard InChI is InChI=1S/C21H22N4O4S2/c1-14(26)25-31(28,29)18-9-7-17(8-10-18)23-20(27)13-30-21-16(12-22)11-15-5-3-2-4-6-19(15)24-21/h7-11H,2-6,13H2,1H3,(H,23,27)(H,25,26). The molecule has 0 aliphatic heterocycles. The van der Waals surface area contributed by atoms with E-state index in [-0.39, 0.29) is 16.6 Å².